The molecule has 7 nitrogen and oxygen atoms in total. The highest BCUT2D eigenvalue weighted by Crippen LogP contribution is 2.28. The van der Waals surface area contributed by atoms with Crippen LogP contribution < -0.4 is 5.32 Å². The van der Waals surface area contributed by atoms with E-state index in [1.165, 1.54) is 18.2 Å². The fourth-order valence-corrected chi connectivity index (χ4v) is 4.99. The van der Waals surface area contributed by atoms with Crippen LogP contribution in [0, 0.1) is 31.4 Å². The molecule has 0 bridgehead atoms. The van der Waals surface area contributed by atoms with Crippen molar-refractivity contribution in [1.29, 1.82) is 0 Å². The summed E-state index contributed by atoms with van der Waals surface area (Å²) in [5.41, 5.74) is -0.0217. The van der Waals surface area contributed by atoms with Gasteiger partial charge in [-0.25, -0.2) is 17.2 Å². The molecule has 1 aliphatic rings. The highest BCUT2D eigenvalue weighted by atomic mass is 32.2. The molecule has 10 heteroatoms. The lowest BCUT2D eigenvalue weighted by Gasteiger charge is -2.31. The lowest BCUT2D eigenvalue weighted by Crippen LogP contribution is -2.44. The minimum absolute atomic E-state index is 0.000247. The molecule has 1 saturated heterocycles. The molecule has 27 heavy (non-hydrogen) atoms. The van der Waals surface area contributed by atoms with Gasteiger partial charge in [0.25, 0.3) is 0 Å². The van der Waals surface area contributed by atoms with Gasteiger partial charge in [0.1, 0.15) is 22.2 Å². The Balaban J connectivity index is 1.78. The van der Waals surface area contributed by atoms with Gasteiger partial charge in [0, 0.05) is 19.2 Å². The number of carbonyl (C=O) groups is 1. The smallest absolute Gasteiger partial charge is 0.248 e. The molecule has 1 aromatic carbocycles. The second-order valence-corrected chi connectivity index (χ2v) is 8.34. The summed E-state index contributed by atoms with van der Waals surface area (Å²) < 4.78 is 58.9. The van der Waals surface area contributed by atoms with E-state index in [0.717, 1.165) is 18.2 Å². The van der Waals surface area contributed by atoms with Crippen molar-refractivity contribution < 1.29 is 26.5 Å². The summed E-state index contributed by atoms with van der Waals surface area (Å²) in [7, 11) is -3.87. The van der Waals surface area contributed by atoms with Crippen LogP contribution in [0.5, 0.6) is 0 Å². The number of piperidine rings is 1. The number of amides is 1. The van der Waals surface area contributed by atoms with Crippen LogP contribution in [-0.4, -0.2) is 36.9 Å². The summed E-state index contributed by atoms with van der Waals surface area (Å²) in [5, 5.41) is 6.01. The summed E-state index contributed by atoms with van der Waals surface area (Å²) in [4.78, 5) is 12.5. The van der Waals surface area contributed by atoms with E-state index < -0.39 is 33.5 Å². The Morgan fingerprint density at radius 2 is 2.07 bits per heavy atom. The summed E-state index contributed by atoms with van der Waals surface area (Å²) in [6.45, 7) is 3.23. The zero-order chi connectivity index (χ0) is 19.8. The maximum Gasteiger partial charge on any atom is 0.248 e. The van der Waals surface area contributed by atoms with Crippen molar-refractivity contribution in [1.82, 2.24) is 9.46 Å². The van der Waals surface area contributed by atoms with E-state index in [9.17, 15) is 22.0 Å². The normalized spacial score (nSPS) is 18.4. The van der Waals surface area contributed by atoms with Gasteiger partial charge in [-0.15, -0.1) is 0 Å². The van der Waals surface area contributed by atoms with E-state index >= 15 is 0 Å². The second kappa shape index (κ2) is 7.35. The number of benzene rings is 1. The number of hydrogen-bond acceptors (Lipinski definition) is 5. The molecule has 0 radical (unpaired) electrons. The molecular formula is C17H19F2N3O4S. The van der Waals surface area contributed by atoms with Crippen molar-refractivity contribution in [3.05, 3.63) is 41.3 Å². The number of carbonyl (C=O) groups excluding carboxylic acids is 1. The van der Waals surface area contributed by atoms with Crippen LogP contribution in [0.2, 0.25) is 0 Å². The van der Waals surface area contributed by atoms with Crippen molar-refractivity contribution in [2.24, 2.45) is 5.92 Å². The quantitative estimate of drug-likeness (QED) is 0.853. The summed E-state index contributed by atoms with van der Waals surface area (Å²) in [5.74, 6) is -2.51. The van der Waals surface area contributed by atoms with Gasteiger partial charge in [-0.05, 0) is 38.8 Å². The number of nitrogens with one attached hydrogen (secondary N) is 1. The molecule has 1 unspecified atom stereocenters. The Hall–Kier alpha value is -2.33. The van der Waals surface area contributed by atoms with E-state index in [0.29, 0.717) is 12.8 Å². The number of sulfonamides is 1. The molecule has 2 aromatic rings. The number of halogens is 2. The third-order valence-corrected chi connectivity index (χ3v) is 6.62. The summed E-state index contributed by atoms with van der Waals surface area (Å²) >= 11 is 0. The van der Waals surface area contributed by atoms with Crippen molar-refractivity contribution in [3.63, 3.8) is 0 Å². The van der Waals surface area contributed by atoms with E-state index in [-0.39, 0.29) is 35.1 Å². The molecule has 1 aromatic heterocycles. The Kier molecular flexibility index (Phi) is 5.29. The van der Waals surface area contributed by atoms with Crippen LogP contribution in [0.4, 0.5) is 14.5 Å². The van der Waals surface area contributed by atoms with Crippen molar-refractivity contribution in [2.75, 3.05) is 18.4 Å². The summed E-state index contributed by atoms with van der Waals surface area (Å²) in [6.07, 6.45) is 0.905. The van der Waals surface area contributed by atoms with Gasteiger partial charge >= 0.3 is 0 Å². The molecule has 146 valence electrons. The Morgan fingerprint density at radius 1 is 1.33 bits per heavy atom. The van der Waals surface area contributed by atoms with Gasteiger partial charge in [0.15, 0.2) is 5.76 Å². The molecule has 1 N–H and O–H groups in total. The minimum atomic E-state index is -3.87. The van der Waals surface area contributed by atoms with E-state index in [4.69, 9.17) is 4.52 Å². The van der Waals surface area contributed by atoms with Gasteiger partial charge in [-0.3, -0.25) is 4.79 Å². The third-order valence-electron chi connectivity index (χ3n) is 4.51. The van der Waals surface area contributed by atoms with Crippen LogP contribution in [0.1, 0.15) is 24.3 Å². The van der Waals surface area contributed by atoms with Gasteiger partial charge in [-0.1, -0.05) is 5.16 Å². The first-order valence-corrected chi connectivity index (χ1v) is 9.83. The molecule has 1 aliphatic heterocycles. The van der Waals surface area contributed by atoms with Crippen molar-refractivity contribution >= 4 is 21.6 Å². The second-order valence-electron chi connectivity index (χ2n) is 6.47. The number of nitrogens with zero attached hydrogens (tertiary/aromatic N) is 2. The van der Waals surface area contributed by atoms with Crippen LogP contribution >= 0.6 is 0 Å². The molecular weight excluding hydrogens is 380 g/mol. The first-order valence-electron chi connectivity index (χ1n) is 8.39. The van der Waals surface area contributed by atoms with Gasteiger partial charge in [0.05, 0.1) is 11.6 Å². The van der Waals surface area contributed by atoms with Crippen LogP contribution in [0.25, 0.3) is 0 Å². The minimum Gasteiger partial charge on any atom is -0.360 e. The highest BCUT2D eigenvalue weighted by Gasteiger charge is 2.36. The predicted octanol–water partition coefficient (Wildman–Crippen LogP) is 2.61. The first-order chi connectivity index (χ1) is 12.7. The van der Waals surface area contributed by atoms with E-state index in [1.807, 2.05) is 0 Å². The number of rotatable bonds is 4. The lowest BCUT2D eigenvalue weighted by molar-refractivity contribution is -0.120. The molecule has 2 heterocycles. The van der Waals surface area contributed by atoms with E-state index in [2.05, 4.69) is 10.5 Å². The molecule has 3 rings (SSSR count). The molecule has 1 fully saturated rings. The lowest BCUT2D eigenvalue weighted by atomic mass is 9.98. The fraction of sp³-hybridized carbons (Fsp3) is 0.412. The molecule has 0 aliphatic carbocycles. The van der Waals surface area contributed by atoms with Gasteiger partial charge in [-0.2, -0.15) is 4.31 Å². The average Bonchev–Trinajstić information content (AvgIpc) is 2.97. The SMILES string of the molecule is Cc1noc(C)c1S(=O)(=O)N1CCCC(C(=O)Nc2cc(F)ccc2F)C1. The molecule has 0 saturated carbocycles. The first kappa shape index (κ1) is 19.4. The number of aryl methyl sites for hydroxylation is 2. The maximum absolute atomic E-state index is 13.7. The third kappa shape index (κ3) is 3.86. The molecule has 0 spiro atoms. The topological polar surface area (TPSA) is 92.5 Å². The Morgan fingerprint density at radius 3 is 2.74 bits per heavy atom. The summed E-state index contributed by atoms with van der Waals surface area (Å²) in [6, 6.07) is 2.75. The standard InChI is InChI=1S/C17H19F2N3O4S/c1-10-16(11(2)26-21-10)27(24,25)22-7-3-4-12(9-22)17(23)20-15-8-13(18)5-6-14(15)19/h5-6,8,12H,3-4,7,9H2,1-2H3,(H,20,23). The van der Waals surface area contributed by atoms with Crippen LogP contribution in [0.3, 0.4) is 0 Å². The van der Waals surface area contributed by atoms with Crippen LogP contribution in [0.15, 0.2) is 27.6 Å². The van der Waals surface area contributed by atoms with Crippen molar-refractivity contribution in [3.8, 4) is 0 Å². The monoisotopic (exact) mass is 399 g/mol. The number of aromatic nitrogens is 1. The maximum atomic E-state index is 13.7. The zero-order valence-electron chi connectivity index (χ0n) is 14.8. The van der Waals surface area contributed by atoms with Crippen LogP contribution in [-0.2, 0) is 14.8 Å². The van der Waals surface area contributed by atoms with Crippen molar-refractivity contribution in [2.45, 2.75) is 31.6 Å². The largest absolute Gasteiger partial charge is 0.360 e. The number of hydrogen-bond donors (Lipinski definition) is 1. The number of anilines is 1. The Labute approximate surface area is 155 Å². The highest BCUT2D eigenvalue weighted by molar-refractivity contribution is 7.89. The average molecular weight is 399 g/mol. The van der Waals surface area contributed by atoms with E-state index in [1.54, 1.807) is 0 Å². The Bertz CT molecular complexity index is 955. The fourth-order valence-electron chi connectivity index (χ4n) is 3.17. The molecule has 1 amide bonds. The zero-order valence-corrected chi connectivity index (χ0v) is 15.6. The molecule has 1 atom stereocenters. The predicted molar refractivity (Wildman–Crippen MR) is 92.4 cm³/mol. The van der Waals surface area contributed by atoms with Gasteiger partial charge < -0.3 is 9.84 Å². The van der Waals surface area contributed by atoms with Gasteiger partial charge in [0.2, 0.25) is 15.9 Å².